The topological polar surface area (TPSA) is 73.9 Å². The Kier molecular flexibility index (Phi) is 8.08. The normalized spacial score (nSPS) is 12.5. The van der Waals surface area contributed by atoms with Gasteiger partial charge in [0.05, 0.1) is 20.8 Å². The van der Waals surface area contributed by atoms with E-state index in [0.29, 0.717) is 35.1 Å². The van der Waals surface area contributed by atoms with Gasteiger partial charge in [0.1, 0.15) is 10.6 Å². The number of nitrogens with one attached hydrogen (secondary N) is 1. The van der Waals surface area contributed by atoms with Crippen molar-refractivity contribution in [1.82, 2.24) is 0 Å². The molecule has 0 spiro atoms. The molecule has 35 heavy (non-hydrogen) atoms. The van der Waals surface area contributed by atoms with Crippen molar-refractivity contribution in [3.8, 4) is 22.6 Å². The number of aryl methyl sites for hydroxylation is 3. The van der Waals surface area contributed by atoms with E-state index in [0.717, 1.165) is 29.5 Å². The first-order chi connectivity index (χ1) is 17.0. The highest BCUT2D eigenvalue weighted by Gasteiger charge is 2.23. The molecule has 7 heteroatoms. The van der Waals surface area contributed by atoms with Gasteiger partial charge in [0.25, 0.3) is 0 Å². The summed E-state index contributed by atoms with van der Waals surface area (Å²) in [4.78, 5) is 25.5. The third kappa shape index (κ3) is 5.68. The molecule has 1 amide bonds. The summed E-state index contributed by atoms with van der Waals surface area (Å²) >= 11 is 1.35. The maximum atomic E-state index is 12.8. The van der Waals surface area contributed by atoms with E-state index < -0.39 is 5.97 Å². The number of benzene rings is 2. The molecule has 0 fully saturated rings. The Morgan fingerprint density at radius 3 is 2.54 bits per heavy atom. The van der Waals surface area contributed by atoms with Gasteiger partial charge >= 0.3 is 5.97 Å². The van der Waals surface area contributed by atoms with E-state index in [1.54, 1.807) is 7.11 Å². The molecular weight excluding hydrogens is 462 g/mol. The molecular formula is C28H31NO5S. The van der Waals surface area contributed by atoms with Crippen LogP contribution in [0.2, 0.25) is 0 Å². The summed E-state index contributed by atoms with van der Waals surface area (Å²) in [7, 11) is 2.96. The van der Waals surface area contributed by atoms with E-state index in [2.05, 4.69) is 23.5 Å². The molecule has 0 aliphatic heterocycles. The SMILES string of the molecule is CCOc1ccc(CCC(=O)Nc2scc(-c3ccc4c(c3)CCCC4)c2C(=O)OC)cc1OC. The largest absolute Gasteiger partial charge is 0.493 e. The van der Waals surface area contributed by atoms with Crippen molar-refractivity contribution >= 4 is 28.2 Å². The van der Waals surface area contributed by atoms with E-state index in [-0.39, 0.29) is 12.3 Å². The Labute approximate surface area is 210 Å². The number of hydrogen-bond donors (Lipinski definition) is 1. The summed E-state index contributed by atoms with van der Waals surface area (Å²) in [6, 6.07) is 12.1. The number of esters is 1. The van der Waals surface area contributed by atoms with Crippen LogP contribution in [-0.2, 0) is 28.8 Å². The van der Waals surface area contributed by atoms with Crippen molar-refractivity contribution < 1.29 is 23.8 Å². The molecule has 1 aliphatic carbocycles. The zero-order valence-electron chi connectivity index (χ0n) is 20.4. The number of thiophene rings is 1. The number of carbonyl (C=O) groups is 2. The number of carbonyl (C=O) groups excluding carboxylic acids is 2. The monoisotopic (exact) mass is 493 g/mol. The molecule has 1 aromatic heterocycles. The van der Waals surface area contributed by atoms with Crippen LogP contribution < -0.4 is 14.8 Å². The molecule has 0 unspecified atom stereocenters. The molecule has 1 aliphatic rings. The predicted octanol–water partition coefficient (Wildman–Crippen LogP) is 6.06. The third-order valence-corrected chi connectivity index (χ3v) is 7.16. The second-order valence-electron chi connectivity index (χ2n) is 8.50. The maximum absolute atomic E-state index is 12.8. The molecule has 3 aromatic rings. The van der Waals surface area contributed by atoms with Crippen LogP contribution >= 0.6 is 11.3 Å². The first kappa shape index (κ1) is 24.8. The second kappa shape index (κ2) is 11.4. The van der Waals surface area contributed by atoms with Crippen LogP contribution in [-0.4, -0.2) is 32.7 Å². The number of methoxy groups -OCH3 is 2. The number of hydrogen-bond acceptors (Lipinski definition) is 6. The van der Waals surface area contributed by atoms with E-state index in [4.69, 9.17) is 14.2 Å². The molecule has 2 aromatic carbocycles. The van der Waals surface area contributed by atoms with Crippen molar-refractivity contribution in [2.45, 2.75) is 45.4 Å². The van der Waals surface area contributed by atoms with Gasteiger partial charge in [-0.1, -0.05) is 24.3 Å². The molecule has 0 saturated carbocycles. The smallest absolute Gasteiger partial charge is 0.341 e. The van der Waals surface area contributed by atoms with Crippen LogP contribution in [0.4, 0.5) is 5.00 Å². The van der Waals surface area contributed by atoms with Gasteiger partial charge in [0.15, 0.2) is 11.5 Å². The van der Waals surface area contributed by atoms with Crippen molar-refractivity contribution in [3.05, 3.63) is 64.0 Å². The van der Waals surface area contributed by atoms with E-state index >= 15 is 0 Å². The van der Waals surface area contributed by atoms with Crippen molar-refractivity contribution in [2.24, 2.45) is 0 Å². The molecule has 184 valence electrons. The zero-order valence-corrected chi connectivity index (χ0v) is 21.3. The minimum Gasteiger partial charge on any atom is -0.493 e. The van der Waals surface area contributed by atoms with Crippen molar-refractivity contribution in [1.29, 1.82) is 0 Å². The van der Waals surface area contributed by atoms with Gasteiger partial charge in [0.2, 0.25) is 5.91 Å². The summed E-state index contributed by atoms with van der Waals surface area (Å²) in [6.07, 6.45) is 5.36. The standard InChI is InChI=1S/C28H31NO5S/c1-4-34-23-13-9-18(15-24(23)32-2)10-14-25(30)29-27-26(28(31)33-3)22(17-35-27)21-12-11-19-7-5-6-8-20(19)16-21/h9,11-13,15-17H,4-8,10,14H2,1-3H3,(H,29,30). The highest BCUT2D eigenvalue weighted by molar-refractivity contribution is 7.15. The average Bonchev–Trinajstić information content (AvgIpc) is 3.30. The van der Waals surface area contributed by atoms with Gasteiger partial charge in [-0.3, -0.25) is 4.79 Å². The summed E-state index contributed by atoms with van der Waals surface area (Å²) in [5.41, 5.74) is 5.87. The van der Waals surface area contributed by atoms with Gasteiger partial charge in [-0.05, 0) is 73.4 Å². The molecule has 0 radical (unpaired) electrons. The van der Waals surface area contributed by atoms with Gasteiger partial charge < -0.3 is 19.5 Å². The van der Waals surface area contributed by atoms with Gasteiger partial charge in [0, 0.05) is 17.4 Å². The predicted molar refractivity (Wildman–Crippen MR) is 139 cm³/mol. The Hall–Kier alpha value is -3.32. The van der Waals surface area contributed by atoms with Gasteiger partial charge in [-0.25, -0.2) is 4.79 Å². The summed E-state index contributed by atoms with van der Waals surface area (Å²) in [5, 5.41) is 5.36. The van der Waals surface area contributed by atoms with Gasteiger partial charge in [-0.15, -0.1) is 11.3 Å². The Bertz CT molecular complexity index is 1220. The van der Waals surface area contributed by atoms with Gasteiger partial charge in [-0.2, -0.15) is 0 Å². The Morgan fingerprint density at radius 2 is 1.80 bits per heavy atom. The molecule has 0 bridgehead atoms. The van der Waals surface area contributed by atoms with Crippen LogP contribution in [0.15, 0.2) is 41.8 Å². The fraction of sp³-hybridized carbons (Fsp3) is 0.357. The lowest BCUT2D eigenvalue weighted by atomic mass is 9.89. The third-order valence-electron chi connectivity index (χ3n) is 6.26. The van der Waals surface area contributed by atoms with Crippen LogP contribution in [0.5, 0.6) is 11.5 Å². The van der Waals surface area contributed by atoms with E-state index in [1.807, 2.05) is 30.5 Å². The Balaban J connectivity index is 1.50. The lowest BCUT2D eigenvalue weighted by Crippen LogP contribution is -2.14. The van der Waals surface area contributed by atoms with Crippen LogP contribution in [0.3, 0.4) is 0 Å². The lowest BCUT2D eigenvalue weighted by Gasteiger charge is -2.16. The van der Waals surface area contributed by atoms with Crippen molar-refractivity contribution in [2.75, 3.05) is 26.1 Å². The number of anilines is 1. The first-order valence-electron chi connectivity index (χ1n) is 12.0. The fourth-order valence-corrected chi connectivity index (χ4v) is 5.43. The number of ether oxygens (including phenoxy) is 3. The highest BCUT2D eigenvalue weighted by Crippen LogP contribution is 2.38. The summed E-state index contributed by atoms with van der Waals surface area (Å²) in [5.74, 6) is 0.706. The van der Waals surface area contributed by atoms with E-state index in [9.17, 15) is 9.59 Å². The Morgan fingerprint density at radius 1 is 1.00 bits per heavy atom. The second-order valence-corrected chi connectivity index (χ2v) is 9.38. The average molecular weight is 494 g/mol. The van der Waals surface area contributed by atoms with Crippen molar-refractivity contribution in [3.63, 3.8) is 0 Å². The highest BCUT2D eigenvalue weighted by atomic mass is 32.1. The lowest BCUT2D eigenvalue weighted by molar-refractivity contribution is -0.116. The zero-order chi connectivity index (χ0) is 24.8. The van der Waals surface area contributed by atoms with E-state index in [1.165, 1.54) is 42.4 Å². The molecule has 4 rings (SSSR count). The minimum absolute atomic E-state index is 0.165. The molecule has 1 N–H and O–H groups in total. The van der Waals surface area contributed by atoms with Crippen LogP contribution in [0, 0.1) is 0 Å². The molecule has 0 atom stereocenters. The molecule has 1 heterocycles. The quantitative estimate of drug-likeness (QED) is 0.367. The minimum atomic E-state index is -0.453. The number of fused-ring (bicyclic) bond motifs is 1. The summed E-state index contributed by atoms with van der Waals surface area (Å²) in [6.45, 7) is 2.47. The molecule has 0 saturated heterocycles. The fourth-order valence-electron chi connectivity index (χ4n) is 4.46. The number of amides is 1. The van der Waals surface area contributed by atoms with Crippen LogP contribution in [0.25, 0.3) is 11.1 Å². The van der Waals surface area contributed by atoms with Crippen LogP contribution in [0.1, 0.15) is 53.2 Å². The number of rotatable bonds is 9. The first-order valence-corrected chi connectivity index (χ1v) is 12.8. The summed E-state index contributed by atoms with van der Waals surface area (Å²) < 4.78 is 16.0. The maximum Gasteiger partial charge on any atom is 0.341 e. The molecule has 6 nitrogen and oxygen atoms in total.